The summed E-state index contributed by atoms with van der Waals surface area (Å²) in [5, 5.41) is 7.00. The molecule has 2 rings (SSSR count). The summed E-state index contributed by atoms with van der Waals surface area (Å²) < 4.78 is 0. The molecule has 2 fully saturated rings. The minimum Gasteiger partial charge on any atom is -0.400 e. The molecular formula is C14H29NO. The Morgan fingerprint density at radius 3 is 1.94 bits per heavy atom. The molecule has 0 atom stereocenters. The van der Waals surface area contributed by atoms with Gasteiger partial charge >= 0.3 is 0 Å². The molecule has 0 amide bonds. The number of likely N-dealkylation sites (tertiary alicyclic amines) is 1. The zero-order valence-corrected chi connectivity index (χ0v) is 11.1. The lowest BCUT2D eigenvalue weighted by atomic mass is 9.81. The Morgan fingerprint density at radius 2 is 1.44 bits per heavy atom. The lowest BCUT2D eigenvalue weighted by Gasteiger charge is -2.30. The van der Waals surface area contributed by atoms with Gasteiger partial charge in [0.05, 0.1) is 0 Å². The predicted octanol–water partition coefficient (Wildman–Crippen LogP) is 2.91. The first-order valence-corrected chi connectivity index (χ1v) is 7.05. The first-order chi connectivity index (χ1) is 7.88. The fourth-order valence-corrected chi connectivity index (χ4v) is 3.15. The van der Waals surface area contributed by atoms with Crippen molar-refractivity contribution in [3.63, 3.8) is 0 Å². The van der Waals surface area contributed by atoms with Crippen molar-refractivity contribution in [3.05, 3.63) is 0 Å². The van der Waals surface area contributed by atoms with Crippen LogP contribution in [-0.2, 0) is 0 Å². The molecule has 1 saturated heterocycles. The van der Waals surface area contributed by atoms with Gasteiger partial charge in [-0.05, 0) is 50.6 Å². The standard InChI is InChI=1S/C13H25N.CH4O/c1-2-12-5-7-13(8-6-12)11-14-9-3-4-10-14;1-2/h12-13H,2-11H2,1H3;2H,1H3. The molecule has 1 aliphatic heterocycles. The van der Waals surface area contributed by atoms with E-state index in [2.05, 4.69) is 11.8 Å². The monoisotopic (exact) mass is 227 g/mol. The minimum atomic E-state index is 1.00. The van der Waals surface area contributed by atoms with Crippen molar-refractivity contribution in [2.45, 2.75) is 51.9 Å². The molecule has 0 radical (unpaired) electrons. The smallest absolute Gasteiger partial charge is 0.0319 e. The maximum Gasteiger partial charge on any atom is 0.0319 e. The lowest BCUT2D eigenvalue weighted by Crippen LogP contribution is -2.29. The van der Waals surface area contributed by atoms with E-state index in [0.29, 0.717) is 0 Å². The number of aliphatic hydroxyl groups is 1. The average Bonchev–Trinajstić information content (AvgIpc) is 2.86. The first-order valence-electron chi connectivity index (χ1n) is 7.05. The SMILES string of the molecule is CCC1CCC(CN2CCCC2)CC1.CO. The Hall–Kier alpha value is -0.0800. The molecule has 2 aliphatic rings. The minimum absolute atomic E-state index is 1.00. The van der Waals surface area contributed by atoms with Crippen LogP contribution in [0.3, 0.4) is 0 Å². The van der Waals surface area contributed by atoms with Crippen molar-refractivity contribution in [3.8, 4) is 0 Å². The third kappa shape index (κ3) is 4.42. The normalized spacial score (nSPS) is 30.9. The van der Waals surface area contributed by atoms with Crippen LogP contribution in [0.5, 0.6) is 0 Å². The van der Waals surface area contributed by atoms with Crippen molar-refractivity contribution in [1.29, 1.82) is 0 Å². The molecule has 2 heteroatoms. The Balaban J connectivity index is 0.000000606. The van der Waals surface area contributed by atoms with Crippen LogP contribution < -0.4 is 0 Å². The number of hydrogen-bond acceptors (Lipinski definition) is 2. The third-order valence-corrected chi connectivity index (χ3v) is 4.26. The van der Waals surface area contributed by atoms with Gasteiger partial charge in [-0.3, -0.25) is 0 Å². The molecule has 2 nitrogen and oxygen atoms in total. The molecule has 0 bridgehead atoms. The summed E-state index contributed by atoms with van der Waals surface area (Å²) >= 11 is 0. The van der Waals surface area contributed by atoms with Crippen LogP contribution in [0.2, 0.25) is 0 Å². The molecule has 0 aromatic carbocycles. The molecule has 96 valence electrons. The number of hydrogen-bond donors (Lipinski definition) is 1. The fraction of sp³-hybridized carbons (Fsp3) is 1.00. The Morgan fingerprint density at radius 1 is 0.938 bits per heavy atom. The van der Waals surface area contributed by atoms with Gasteiger partial charge in [0.1, 0.15) is 0 Å². The highest BCUT2D eigenvalue weighted by molar-refractivity contribution is 4.76. The maximum atomic E-state index is 7.00. The lowest BCUT2D eigenvalue weighted by molar-refractivity contribution is 0.201. The Bertz CT molecular complexity index is 158. The first kappa shape index (κ1) is 14.0. The maximum absolute atomic E-state index is 7.00. The molecule has 0 aromatic heterocycles. The van der Waals surface area contributed by atoms with E-state index in [1.165, 1.54) is 64.6 Å². The van der Waals surface area contributed by atoms with Gasteiger partial charge in [0.25, 0.3) is 0 Å². The largest absolute Gasteiger partial charge is 0.400 e. The summed E-state index contributed by atoms with van der Waals surface area (Å²) in [6.45, 7) is 6.53. The highest BCUT2D eigenvalue weighted by Gasteiger charge is 2.22. The molecule has 16 heavy (non-hydrogen) atoms. The van der Waals surface area contributed by atoms with E-state index in [4.69, 9.17) is 5.11 Å². The van der Waals surface area contributed by atoms with Gasteiger partial charge in [0, 0.05) is 13.7 Å². The quantitative estimate of drug-likeness (QED) is 0.801. The average molecular weight is 227 g/mol. The van der Waals surface area contributed by atoms with Crippen LogP contribution in [0.1, 0.15) is 51.9 Å². The molecule has 0 aromatic rings. The second-order valence-electron chi connectivity index (χ2n) is 5.30. The number of nitrogens with zero attached hydrogens (tertiary/aromatic N) is 1. The van der Waals surface area contributed by atoms with Gasteiger partial charge in [-0.15, -0.1) is 0 Å². The van der Waals surface area contributed by atoms with Crippen molar-refractivity contribution < 1.29 is 5.11 Å². The Kier molecular flexibility index (Phi) is 7.06. The molecule has 0 unspecified atom stereocenters. The third-order valence-electron chi connectivity index (χ3n) is 4.26. The molecular weight excluding hydrogens is 198 g/mol. The van der Waals surface area contributed by atoms with E-state index >= 15 is 0 Å². The number of aliphatic hydroxyl groups excluding tert-OH is 1. The van der Waals surface area contributed by atoms with Crippen LogP contribution in [0.15, 0.2) is 0 Å². The van der Waals surface area contributed by atoms with E-state index in [-0.39, 0.29) is 0 Å². The van der Waals surface area contributed by atoms with E-state index in [9.17, 15) is 0 Å². The summed E-state index contributed by atoms with van der Waals surface area (Å²) in [4.78, 5) is 2.69. The van der Waals surface area contributed by atoms with Gasteiger partial charge in [0.15, 0.2) is 0 Å². The summed E-state index contributed by atoms with van der Waals surface area (Å²) in [6.07, 6.45) is 10.3. The highest BCUT2D eigenvalue weighted by atomic mass is 16.2. The van der Waals surface area contributed by atoms with Crippen molar-refractivity contribution in [1.82, 2.24) is 4.90 Å². The second-order valence-corrected chi connectivity index (χ2v) is 5.30. The number of rotatable bonds is 3. The zero-order chi connectivity index (χ0) is 11.8. The van der Waals surface area contributed by atoms with Crippen LogP contribution >= 0.6 is 0 Å². The van der Waals surface area contributed by atoms with Crippen LogP contribution in [0, 0.1) is 11.8 Å². The topological polar surface area (TPSA) is 23.5 Å². The van der Waals surface area contributed by atoms with Gasteiger partial charge in [-0.2, -0.15) is 0 Å². The predicted molar refractivity (Wildman–Crippen MR) is 69.6 cm³/mol. The van der Waals surface area contributed by atoms with Crippen molar-refractivity contribution in [2.75, 3.05) is 26.7 Å². The second kappa shape index (κ2) is 8.08. The summed E-state index contributed by atoms with van der Waals surface area (Å²) in [6, 6.07) is 0. The summed E-state index contributed by atoms with van der Waals surface area (Å²) in [7, 11) is 1.00. The van der Waals surface area contributed by atoms with Gasteiger partial charge in [-0.25, -0.2) is 0 Å². The van der Waals surface area contributed by atoms with Crippen LogP contribution in [-0.4, -0.2) is 36.8 Å². The van der Waals surface area contributed by atoms with Gasteiger partial charge < -0.3 is 10.0 Å². The molecule has 1 saturated carbocycles. The van der Waals surface area contributed by atoms with E-state index < -0.39 is 0 Å². The summed E-state index contributed by atoms with van der Waals surface area (Å²) in [5.41, 5.74) is 0. The Labute approximate surface area is 101 Å². The molecule has 0 spiro atoms. The van der Waals surface area contributed by atoms with Crippen molar-refractivity contribution in [2.24, 2.45) is 11.8 Å². The van der Waals surface area contributed by atoms with E-state index in [1.54, 1.807) is 0 Å². The van der Waals surface area contributed by atoms with Crippen LogP contribution in [0.4, 0.5) is 0 Å². The van der Waals surface area contributed by atoms with Crippen molar-refractivity contribution >= 4 is 0 Å². The van der Waals surface area contributed by atoms with Gasteiger partial charge in [0.2, 0.25) is 0 Å². The van der Waals surface area contributed by atoms with E-state index in [0.717, 1.165) is 18.9 Å². The molecule has 1 aliphatic carbocycles. The van der Waals surface area contributed by atoms with Gasteiger partial charge in [-0.1, -0.05) is 26.2 Å². The molecule has 1 N–H and O–H groups in total. The fourth-order valence-electron chi connectivity index (χ4n) is 3.15. The zero-order valence-electron chi connectivity index (χ0n) is 11.1. The van der Waals surface area contributed by atoms with Crippen LogP contribution in [0.25, 0.3) is 0 Å². The van der Waals surface area contributed by atoms with E-state index in [1.807, 2.05) is 0 Å². The summed E-state index contributed by atoms with van der Waals surface area (Å²) in [5.74, 6) is 2.10. The molecule has 1 heterocycles. The highest BCUT2D eigenvalue weighted by Crippen LogP contribution is 2.31.